The van der Waals surface area contributed by atoms with Crippen molar-refractivity contribution in [1.29, 1.82) is 0 Å². The Morgan fingerprint density at radius 1 is 1.25 bits per heavy atom. The lowest BCUT2D eigenvalue weighted by Crippen LogP contribution is -2.33. The molecular weight excluding hydrogens is 204 g/mol. The molecule has 1 heterocycles. The van der Waals surface area contributed by atoms with Gasteiger partial charge in [-0.1, -0.05) is 12.2 Å². The third-order valence-corrected chi connectivity index (χ3v) is 3.41. The molecule has 1 saturated heterocycles. The maximum Gasteiger partial charge on any atom is 0.233 e. The number of imide groups is 1. The Hall–Kier alpha value is -1.16. The van der Waals surface area contributed by atoms with Crippen molar-refractivity contribution >= 4 is 11.8 Å². The largest absolute Gasteiger partial charge is 0.320 e. The van der Waals surface area contributed by atoms with Crippen molar-refractivity contribution in [2.75, 3.05) is 20.1 Å². The van der Waals surface area contributed by atoms with Gasteiger partial charge in [-0.25, -0.2) is 0 Å². The number of nitrogens with one attached hydrogen (secondary N) is 1. The second-order valence-electron chi connectivity index (χ2n) is 4.44. The summed E-state index contributed by atoms with van der Waals surface area (Å²) in [6.45, 7) is 1.40. The number of hydrogen-bond donors (Lipinski definition) is 1. The monoisotopic (exact) mass is 222 g/mol. The van der Waals surface area contributed by atoms with Crippen LogP contribution < -0.4 is 5.32 Å². The van der Waals surface area contributed by atoms with Crippen LogP contribution in [-0.4, -0.2) is 36.9 Å². The Morgan fingerprint density at radius 3 is 2.31 bits per heavy atom. The van der Waals surface area contributed by atoms with E-state index in [2.05, 4.69) is 5.32 Å². The van der Waals surface area contributed by atoms with Crippen LogP contribution in [0.4, 0.5) is 0 Å². The van der Waals surface area contributed by atoms with Gasteiger partial charge in [0, 0.05) is 6.54 Å². The van der Waals surface area contributed by atoms with E-state index in [1.54, 1.807) is 0 Å². The Kier molecular flexibility index (Phi) is 3.39. The normalized spacial score (nSPS) is 28.7. The average Bonchev–Trinajstić information content (AvgIpc) is 2.55. The first-order valence-electron chi connectivity index (χ1n) is 5.90. The zero-order chi connectivity index (χ0) is 11.5. The van der Waals surface area contributed by atoms with Gasteiger partial charge in [0.2, 0.25) is 11.8 Å². The third kappa shape index (κ3) is 1.89. The van der Waals surface area contributed by atoms with E-state index in [1.165, 1.54) is 4.90 Å². The summed E-state index contributed by atoms with van der Waals surface area (Å²) in [6.07, 6.45) is 6.34. The van der Waals surface area contributed by atoms with E-state index in [0.717, 1.165) is 25.8 Å². The van der Waals surface area contributed by atoms with E-state index in [4.69, 9.17) is 0 Å². The van der Waals surface area contributed by atoms with Gasteiger partial charge in [-0.05, 0) is 32.9 Å². The molecule has 1 aliphatic heterocycles. The molecule has 2 rings (SSSR count). The Balaban J connectivity index is 2.00. The van der Waals surface area contributed by atoms with Crippen LogP contribution in [0.3, 0.4) is 0 Å². The van der Waals surface area contributed by atoms with Crippen LogP contribution in [0.5, 0.6) is 0 Å². The number of rotatable bonds is 4. The molecule has 0 saturated carbocycles. The fourth-order valence-corrected chi connectivity index (χ4v) is 2.50. The summed E-state index contributed by atoms with van der Waals surface area (Å²) >= 11 is 0. The summed E-state index contributed by atoms with van der Waals surface area (Å²) in [5, 5.41) is 3.02. The molecule has 1 N–H and O–H groups in total. The molecule has 0 aromatic heterocycles. The van der Waals surface area contributed by atoms with E-state index < -0.39 is 0 Å². The van der Waals surface area contributed by atoms with Crippen molar-refractivity contribution in [3.05, 3.63) is 12.2 Å². The summed E-state index contributed by atoms with van der Waals surface area (Å²) in [7, 11) is 1.87. The second kappa shape index (κ2) is 4.78. The highest BCUT2D eigenvalue weighted by molar-refractivity contribution is 6.05. The molecule has 0 radical (unpaired) electrons. The summed E-state index contributed by atoms with van der Waals surface area (Å²) in [4.78, 5) is 25.4. The highest BCUT2D eigenvalue weighted by Crippen LogP contribution is 2.34. The van der Waals surface area contributed by atoms with E-state index >= 15 is 0 Å². The number of hydrogen-bond acceptors (Lipinski definition) is 3. The molecule has 2 aliphatic rings. The Bertz CT molecular complexity index is 299. The van der Waals surface area contributed by atoms with Crippen molar-refractivity contribution < 1.29 is 9.59 Å². The quantitative estimate of drug-likeness (QED) is 0.429. The molecule has 0 aromatic rings. The minimum absolute atomic E-state index is 0.0375. The zero-order valence-electron chi connectivity index (χ0n) is 9.61. The van der Waals surface area contributed by atoms with Gasteiger partial charge >= 0.3 is 0 Å². The smallest absolute Gasteiger partial charge is 0.233 e. The molecule has 2 amide bonds. The fourth-order valence-electron chi connectivity index (χ4n) is 2.50. The molecule has 88 valence electrons. The molecule has 0 spiro atoms. The molecule has 4 nitrogen and oxygen atoms in total. The number of carbonyl (C=O) groups is 2. The molecular formula is C12H18N2O2. The van der Waals surface area contributed by atoms with Gasteiger partial charge in [-0.3, -0.25) is 14.5 Å². The fraction of sp³-hybridized carbons (Fsp3) is 0.667. The predicted molar refractivity (Wildman–Crippen MR) is 60.6 cm³/mol. The summed E-state index contributed by atoms with van der Waals surface area (Å²) < 4.78 is 0. The van der Waals surface area contributed by atoms with Crippen molar-refractivity contribution in [3.8, 4) is 0 Å². The molecule has 2 unspecified atom stereocenters. The van der Waals surface area contributed by atoms with Crippen LogP contribution in [0.15, 0.2) is 12.2 Å². The van der Waals surface area contributed by atoms with E-state index in [1.807, 2.05) is 19.2 Å². The van der Waals surface area contributed by atoms with Crippen LogP contribution >= 0.6 is 0 Å². The molecule has 1 fully saturated rings. The van der Waals surface area contributed by atoms with Crippen molar-refractivity contribution in [3.63, 3.8) is 0 Å². The highest BCUT2D eigenvalue weighted by atomic mass is 16.2. The molecule has 16 heavy (non-hydrogen) atoms. The van der Waals surface area contributed by atoms with Gasteiger partial charge < -0.3 is 5.32 Å². The van der Waals surface area contributed by atoms with E-state index in [9.17, 15) is 9.59 Å². The Labute approximate surface area is 95.7 Å². The number of fused-ring (bicyclic) bond motifs is 1. The van der Waals surface area contributed by atoms with Crippen molar-refractivity contribution in [1.82, 2.24) is 10.2 Å². The predicted octanol–water partition coefficient (Wildman–Crippen LogP) is 0.547. The SMILES string of the molecule is CNCCCN1C(=O)C2CC=CCC2C1=O. The summed E-state index contributed by atoms with van der Waals surface area (Å²) in [5.41, 5.74) is 0. The number of likely N-dealkylation sites (tertiary alicyclic amines) is 1. The van der Waals surface area contributed by atoms with Gasteiger partial charge in [0.25, 0.3) is 0 Å². The standard InChI is InChI=1S/C12H18N2O2/c1-13-7-4-8-14-11(15)9-5-2-3-6-10(9)12(14)16/h2-3,9-10,13H,4-8H2,1H3. The summed E-state index contributed by atoms with van der Waals surface area (Å²) in [6, 6.07) is 0. The molecule has 0 aromatic carbocycles. The van der Waals surface area contributed by atoms with Crippen molar-refractivity contribution in [2.45, 2.75) is 19.3 Å². The lowest BCUT2D eigenvalue weighted by atomic mass is 9.85. The highest BCUT2D eigenvalue weighted by Gasteiger charge is 2.46. The minimum Gasteiger partial charge on any atom is -0.320 e. The van der Waals surface area contributed by atoms with Gasteiger partial charge in [0.1, 0.15) is 0 Å². The topological polar surface area (TPSA) is 49.4 Å². The van der Waals surface area contributed by atoms with E-state index in [-0.39, 0.29) is 23.7 Å². The molecule has 4 heteroatoms. The lowest BCUT2D eigenvalue weighted by molar-refractivity contribution is -0.139. The van der Waals surface area contributed by atoms with Crippen LogP contribution in [0.2, 0.25) is 0 Å². The van der Waals surface area contributed by atoms with Crippen LogP contribution in [0, 0.1) is 11.8 Å². The maximum atomic E-state index is 12.0. The van der Waals surface area contributed by atoms with Crippen LogP contribution in [0.25, 0.3) is 0 Å². The lowest BCUT2D eigenvalue weighted by Gasteiger charge is -2.14. The van der Waals surface area contributed by atoms with E-state index in [0.29, 0.717) is 6.54 Å². The first-order valence-corrected chi connectivity index (χ1v) is 5.90. The van der Waals surface area contributed by atoms with Gasteiger partial charge in [-0.2, -0.15) is 0 Å². The number of carbonyl (C=O) groups excluding carboxylic acids is 2. The van der Waals surface area contributed by atoms with Gasteiger partial charge in [0.05, 0.1) is 11.8 Å². The Morgan fingerprint density at radius 2 is 1.81 bits per heavy atom. The third-order valence-electron chi connectivity index (χ3n) is 3.41. The average molecular weight is 222 g/mol. The number of allylic oxidation sites excluding steroid dienone is 2. The minimum atomic E-state index is -0.0768. The van der Waals surface area contributed by atoms with Crippen LogP contribution in [-0.2, 0) is 9.59 Å². The first-order chi connectivity index (χ1) is 7.75. The zero-order valence-corrected chi connectivity index (χ0v) is 9.61. The maximum absolute atomic E-state index is 12.0. The van der Waals surface area contributed by atoms with Gasteiger partial charge in [-0.15, -0.1) is 0 Å². The number of amides is 2. The van der Waals surface area contributed by atoms with Gasteiger partial charge in [0.15, 0.2) is 0 Å². The first kappa shape index (κ1) is 11.3. The van der Waals surface area contributed by atoms with Crippen molar-refractivity contribution in [2.24, 2.45) is 11.8 Å². The summed E-state index contributed by atoms with van der Waals surface area (Å²) in [5.74, 6) is -0.0786. The molecule has 0 bridgehead atoms. The number of nitrogens with zero attached hydrogens (tertiary/aromatic N) is 1. The van der Waals surface area contributed by atoms with Crippen LogP contribution in [0.1, 0.15) is 19.3 Å². The molecule has 1 aliphatic carbocycles. The molecule has 2 atom stereocenters. The second-order valence-corrected chi connectivity index (χ2v) is 4.44.